The van der Waals surface area contributed by atoms with E-state index in [1.54, 1.807) is 11.8 Å². The van der Waals surface area contributed by atoms with E-state index in [9.17, 15) is 0 Å². The molecule has 0 aliphatic rings. The largest absolute Gasteiger partial charge is 0.399 e. The number of anilines is 1. The topological polar surface area (TPSA) is 43.8 Å². The minimum Gasteiger partial charge on any atom is -0.399 e. The van der Waals surface area contributed by atoms with Crippen LogP contribution in [0.4, 0.5) is 5.69 Å². The fraction of sp³-hybridized carbons (Fsp3) is 0.357. The maximum Gasteiger partial charge on any atom is 0.0951 e. The first-order chi connectivity index (χ1) is 8.70. The van der Waals surface area contributed by atoms with Crippen LogP contribution in [0.15, 0.2) is 35.5 Å². The van der Waals surface area contributed by atoms with Crippen molar-refractivity contribution in [3.8, 4) is 0 Å². The van der Waals surface area contributed by atoms with E-state index in [1.807, 2.05) is 18.5 Å². The van der Waals surface area contributed by atoms with Gasteiger partial charge >= 0.3 is 0 Å². The van der Waals surface area contributed by atoms with Crippen molar-refractivity contribution in [1.82, 2.24) is 9.55 Å². The first kappa shape index (κ1) is 13.0. The van der Waals surface area contributed by atoms with Crippen LogP contribution in [0, 0.1) is 6.92 Å². The van der Waals surface area contributed by atoms with E-state index in [-0.39, 0.29) is 0 Å². The second-order valence-electron chi connectivity index (χ2n) is 4.33. The molecule has 0 saturated carbocycles. The molecular formula is C14H19N3S. The zero-order chi connectivity index (χ0) is 13.0. The maximum atomic E-state index is 5.67. The van der Waals surface area contributed by atoms with Gasteiger partial charge in [-0.05, 0) is 37.6 Å². The minimum atomic E-state index is 0.808. The van der Waals surface area contributed by atoms with Crippen molar-refractivity contribution in [3.63, 3.8) is 0 Å². The molecule has 2 N–H and O–H groups in total. The number of thioether (sulfide) groups is 1. The molecule has 0 radical (unpaired) electrons. The van der Waals surface area contributed by atoms with Crippen molar-refractivity contribution in [2.45, 2.75) is 37.5 Å². The summed E-state index contributed by atoms with van der Waals surface area (Å²) in [6, 6.07) is 7.98. The number of nitrogen functional groups attached to an aromatic ring is 1. The second-order valence-corrected chi connectivity index (χ2v) is 5.38. The number of hydrogen-bond acceptors (Lipinski definition) is 3. The van der Waals surface area contributed by atoms with Crippen molar-refractivity contribution in [3.05, 3.63) is 42.0 Å². The van der Waals surface area contributed by atoms with Gasteiger partial charge in [-0.3, -0.25) is 0 Å². The molecule has 2 rings (SSSR count). The zero-order valence-electron chi connectivity index (χ0n) is 10.9. The lowest BCUT2D eigenvalue weighted by Gasteiger charge is -2.04. The normalized spacial score (nSPS) is 10.8. The molecule has 0 spiro atoms. The van der Waals surface area contributed by atoms with E-state index in [2.05, 4.69) is 35.5 Å². The van der Waals surface area contributed by atoms with E-state index in [1.165, 1.54) is 16.3 Å². The average Bonchev–Trinajstić information content (AvgIpc) is 2.71. The van der Waals surface area contributed by atoms with Crippen LogP contribution >= 0.6 is 11.8 Å². The number of hydrogen-bond donors (Lipinski definition) is 1. The maximum absolute atomic E-state index is 5.67. The molecule has 0 amide bonds. The lowest BCUT2D eigenvalue weighted by molar-refractivity contribution is 0.661. The molecule has 0 aliphatic heterocycles. The van der Waals surface area contributed by atoms with Crippen molar-refractivity contribution in [1.29, 1.82) is 0 Å². The summed E-state index contributed by atoms with van der Waals surface area (Å²) in [6.45, 7) is 5.37. The van der Waals surface area contributed by atoms with Gasteiger partial charge in [0.25, 0.3) is 0 Å². The highest BCUT2D eigenvalue weighted by atomic mass is 32.2. The summed E-state index contributed by atoms with van der Waals surface area (Å²) < 4.78 is 2.22. The number of nitrogens with zero attached hydrogens (tertiary/aromatic N) is 2. The molecule has 2 aromatic rings. The predicted molar refractivity (Wildman–Crippen MR) is 77.7 cm³/mol. The summed E-state index contributed by atoms with van der Waals surface area (Å²) in [7, 11) is 0. The molecular weight excluding hydrogens is 242 g/mol. The summed E-state index contributed by atoms with van der Waals surface area (Å²) >= 11 is 1.80. The van der Waals surface area contributed by atoms with Gasteiger partial charge in [-0.2, -0.15) is 0 Å². The summed E-state index contributed by atoms with van der Waals surface area (Å²) in [5.41, 5.74) is 8.93. The van der Waals surface area contributed by atoms with Crippen LogP contribution in [0.3, 0.4) is 0 Å². The van der Waals surface area contributed by atoms with Gasteiger partial charge in [0, 0.05) is 28.6 Å². The van der Waals surface area contributed by atoms with Gasteiger partial charge in [0.1, 0.15) is 0 Å². The first-order valence-corrected chi connectivity index (χ1v) is 7.18. The van der Waals surface area contributed by atoms with Gasteiger partial charge in [0.2, 0.25) is 0 Å². The third kappa shape index (κ3) is 3.07. The Morgan fingerprint density at radius 3 is 2.67 bits per heavy atom. The molecule has 0 bridgehead atoms. The Kier molecular flexibility index (Phi) is 4.31. The highest BCUT2D eigenvalue weighted by Gasteiger charge is 2.06. The molecule has 0 saturated heterocycles. The van der Waals surface area contributed by atoms with Crippen molar-refractivity contribution in [2.24, 2.45) is 0 Å². The highest BCUT2D eigenvalue weighted by molar-refractivity contribution is 7.98. The Labute approximate surface area is 112 Å². The Balaban J connectivity index is 1.99. The predicted octanol–water partition coefficient (Wildman–Crippen LogP) is 3.48. The van der Waals surface area contributed by atoms with Crippen molar-refractivity contribution in [2.75, 3.05) is 5.73 Å². The molecule has 1 aromatic carbocycles. The Morgan fingerprint density at radius 1 is 1.28 bits per heavy atom. The quantitative estimate of drug-likeness (QED) is 0.662. The molecule has 96 valence electrons. The van der Waals surface area contributed by atoms with E-state index >= 15 is 0 Å². The third-order valence-electron chi connectivity index (χ3n) is 2.92. The van der Waals surface area contributed by atoms with E-state index in [0.717, 1.165) is 24.4 Å². The van der Waals surface area contributed by atoms with Gasteiger partial charge in [0.05, 0.1) is 12.0 Å². The molecule has 3 nitrogen and oxygen atoms in total. The Bertz CT molecular complexity index is 502. The van der Waals surface area contributed by atoms with Gasteiger partial charge in [0.15, 0.2) is 0 Å². The molecule has 18 heavy (non-hydrogen) atoms. The van der Waals surface area contributed by atoms with Crippen LogP contribution < -0.4 is 5.73 Å². The minimum absolute atomic E-state index is 0.808. The number of aryl methyl sites for hydroxylation is 1. The molecule has 0 unspecified atom stereocenters. The van der Waals surface area contributed by atoms with Gasteiger partial charge in [-0.1, -0.05) is 6.92 Å². The summed E-state index contributed by atoms with van der Waals surface area (Å²) in [5.74, 6) is 0.909. The Hall–Kier alpha value is -1.42. The molecule has 1 aromatic heterocycles. The zero-order valence-corrected chi connectivity index (χ0v) is 11.7. The van der Waals surface area contributed by atoms with Crippen LogP contribution in [-0.2, 0) is 12.3 Å². The summed E-state index contributed by atoms with van der Waals surface area (Å²) in [4.78, 5) is 5.71. The smallest absolute Gasteiger partial charge is 0.0951 e. The number of benzene rings is 1. The monoisotopic (exact) mass is 261 g/mol. The molecule has 0 atom stereocenters. The number of imidazole rings is 1. The average molecular weight is 261 g/mol. The highest BCUT2D eigenvalue weighted by Crippen LogP contribution is 2.24. The third-order valence-corrected chi connectivity index (χ3v) is 3.94. The van der Waals surface area contributed by atoms with Gasteiger partial charge < -0.3 is 10.3 Å². The van der Waals surface area contributed by atoms with E-state index in [0.29, 0.717) is 0 Å². The van der Waals surface area contributed by atoms with Crippen molar-refractivity contribution >= 4 is 17.4 Å². The van der Waals surface area contributed by atoms with Crippen LogP contribution in [0.5, 0.6) is 0 Å². The summed E-state index contributed by atoms with van der Waals surface area (Å²) in [5, 5.41) is 0. The number of rotatable bonds is 5. The molecule has 1 heterocycles. The standard InChI is InChI=1S/C14H19N3S/c1-3-8-17-10-16-14(11(17)2)9-18-13-6-4-12(15)5-7-13/h4-7,10H,3,8-9,15H2,1-2H3. The SMILES string of the molecule is CCCn1cnc(CSc2ccc(N)cc2)c1C. The fourth-order valence-electron chi connectivity index (χ4n) is 1.81. The lowest BCUT2D eigenvalue weighted by Crippen LogP contribution is -1.98. The molecule has 4 heteroatoms. The van der Waals surface area contributed by atoms with E-state index in [4.69, 9.17) is 5.73 Å². The Morgan fingerprint density at radius 2 is 2.00 bits per heavy atom. The van der Waals surface area contributed by atoms with Gasteiger partial charge in [-0.15, -0.1) is 11.8 Å². The van der Waals surface area contributed by atoms with E-state index < -0.39 is 0 Å². The molecule has 0 fully saturated rings. The first-order valence-electron chi connectivity index (χ1n) is 6.19. The van der Waals surface area contributed by atoms with Crippen LogP contribution in [0.1, 0.15) is 24.7 Å². The number of nitrogens with two attached hydrogens (primary N) is 1. The van der Waals surface area contributed by atoms with Crippen LogP contribution in [0.2, 0.25) is 0 Å². The second kappa shape index (κ2) is 5.96. The lowest BCUT2D eigenvalue weighted by atomic mass is 10.3. The summed E-state index contributed by atoms with van der Waals surface area (Å²) in [6.07, 6.45) is 3.08. The van der Waals surface area contributed by atoms with Crippen molar-refractivity contribution < 1.29 is 0 Å². The van der Waals surface area contributed by atoms with Gasteiger partial charge in [-0.25, -0.2) is 4.98 Å². The van der Waals surface area contributed by atoms with Crippen LogP contribution in [0.25, 0.3) is 0 Å². The fourth-order valence-corrected chi connectivity index (χ4v) is 2.72. The number of aromatic nitrogens is 2. The van der Waals surface area contributed by atoms with Crippen LogP contribution in [-0.4, -0.2) is 9.55 Å². The molecule has 0 aliphatic carbocycles.